The van der Waals surface area contributed by atoms with Crippen molar-refractivity contribution in [3.05, 3.63) is 23.8 Å². The first kappa shape index (κ1) is 16.0. The minimum absolute atomic E-state index is 0. The van der Waals surface area contributed by atoms with Gasteiger partial charge in [0, 0.05) is 32.7 Å². The molecule has 0 unspecified atom stereocenters. The molecule has 13 heavy (non-hydrogen) atoms. The van der Waals surface area contributed by atoms with Crippen LogP contribution in [0.4, 0.5) is 0 Å². The van der Waals surface area contributed by atoms with E-state index >= 15 is 0 Å². The first-order chi connectivity index (χ1) is 5.43. The first-order valence-corrected chi connectivity index (χ1v) is 4.71. The molecule has 0 N–H and O–H groups in total. The van der Waals surface area contributed by atoms with Crippen LogP contribution in [0.25, 0.3) is 0 Å². The number of hydrogen-bond donors (Lipinski definition) is 0. The van der Waals surface area contributed by atoms with Gasteiger partial charge < -0.3 is 0 Å². The molecule has 0 aliphatic heterocycles. The van der Waals surface area contributed by atoms with Gasteiger partial charge in [0.2, 0.25) is 0 Å². The van der Waals surface area contributed by atoms with Crippen molar-refractivity contribution in [3.8, 4) is 0 Å². The van der Waals surface area contributed by atoms with E-state index in [2.05, 4.69) is 47.3 Å². The molecule has 1 radical (unpaired) electrons. The van der Waals surface area contributed by atoms with E-state index in [0.717, 1.165) is 17.9 Å². The molecule has 0 saturated heterocycles. The number of rotatable bonds is 4. The topological polar surface area (TPSA) is 0 Å². The third-order valence-corrected chi connectivity index (χ3v) is 1.79. The molecule has 0 heterocycles. The van der Waals surface area contributed by atoms with Crippen LogP contribution in [-0.2, 0) is 32.7 Å². The quantitative estimate of drug-likeness (QED) is 0.525. The Kier molecular flexibility index (Phi) is 9.79. The summed E-state index contributed by atoms with van der Waals surface area (Å²) < 4.78 is 0. The molecule has 0 aromatic heterocycles. The normalized spacial score (nSPS) is 11.8. The van der Waals surface area contributed by atoms with Crippen molar-refractivity contribution in [3.63, 3.8) is 0 Å². The molecule has 0 fully saturated rings. The fraction of sp³-hybridized carbons (Fsp3) is 0.667. The second-order valence-electron chi connectivity index (χ2n) is 4.18. The maximum atomic E-state index is 3.97. The Morgan fingerprint density at radius 2 is 1.69 bits per heavy atom. The van der Waals surface area contributed by atoms with Gasteiger partial charge in [0.15, 0.2) is 0 Å². The fourth-order valence-corrected chi connectivity index (χ4v) is 1.08. The monoisotopic (exact) mass is 254 g/mol. The average molecular weight is 254 g/mol. The Morgan fingerprint density at radius 3 is 2.00 bits per heavy atom. The zero-order chi connectivity index (χ0) is 9.72. The third-order valence-electron chi connectivity index (χ3n) is 1.79. The van der Waals surface area contributed by atoms with E-state index in [1.807, 2.05) is 0 Å². The Labute approximate surface area is 109 Å². The van der Waals surface area contributed by atoms with Crippen molar-refractivity contribution in [1.82, 2.24) is 0 Å². The minimum Gasteiger partial charge on any atom is -0.249 e. The maximum Gasteiger partial charge on any atom is 0 e. The first-order valence-electron chi connectivity index (χ1n) is 4.71. The van der Waals surface area contributed by atoms with Gasteiger partial charge in [0.1, 0.15) is 0 Å². The van der Waals surface area contributed by atoms with Gasteiger partial charge in [-0.1, -0.05) is 40.5 Å². The van der Waals surface area contributed by atoms with E-state index in [-0.39, 0.29) is 32.7 Å². The molecular formula is C12H21Y-. The van der Waals surface area contributed by atoms with Crippen LogP contribution in [0.5, 0.6) is 0 Å². The summed E-state index contributed by atoms with van der Waals surface area (Å²) in [6.07, 6.45) is 4.46. The van der Waals surface area contributed by atoms with Crippen LogP contribution < -0.4 is 0 Å². The van der Waals surface area contributed by atoms with Crippen molar-refractivity contribution in [2.75, 3.05) is 0 Å². The van der Waals surface area contributed by atoms with Crippen LogP contribution in [0.3, 0.4) is 0 Å². The fourth-order valence-electron chi connectivity index (χ4n) is 1.08. The molecule has 0 nitrogen and oxygen atoms in total. The number of allylic oxidation sites excluding steroid dienone is 3. The van der Waals surface area contributed by atoms with Gasteiger partial charge in [0.25, 0.3) is 0 Å². The van der Waals surface area contributed by atoms with Gasteiger partial charge in [-0.25, -0.2) is 18.2 Å². The van der Waals surface area contributed by atoms with Crippen LogP contribution in [0.1, 0.15) is 41.0 Å². The zero-order valence-electron chi connectivity index (χ0n) is 9.65. The van der Waals surface area contributed by atoms with Crippen molar-refractivity contribution in [1.29, 1.82) is 0 Å². The van der Waals surface area contributed by atoms with Crippen molar-refractivity contribution >= 4 is 0 Å². The summed E-state index contributed by atoms with van der Waals surface area (Å²) in [6, 6.07) is 0. The van der Waals surface area contributed by atoms with Crippen molar-refractivity contribution in [2.24, 2.45) is 11.8 Å². The Bertz CT molecular complexity index is 176. The van der Waals surface area contributed by atoms with Crippen LogP contribution in [0.15, 0.2) is 17.7 Å². The molecule has 0 aromatic rings. The zero-order valence-corrected chi connectivity index (χ0v) is 12.5. The minimum atomic E-state index is 0. The van der Waals surface area contributed by atoms with E-state index in [1.165, 1.54) is 5.57 Å². The van der Waals surface area contributed by atoms with E-state index in [9.17, 15) is 0 Å². The Morgan fingerprint density at radius 1 is 1.23 bits per heavy atom. The summed E-state index contributed by atoms with van der Waals surface area (Å²) >= 11 is 0. The molecule has 0 rings (SSSR count). The van der Waals surface area contributed by atoms with Crippen molar-refractivity contribution in [2.45, 2.75) is 41.0 Å². The molecule has 73 valence electrons. The third kappa shape index (κ3) is 8.90. The summed E-state index contributed by atoms with van der Waals surface area (Å²) in [4.78, 5) is 0. The van der Waals surface area contributed by atoms with Crippen LogP contribution in [0, 0.1) is 17.9 Å². The SMILES string of the molecule is C=C([C-]=C(C)CC(C)C)C(C)C.[Y]. The van der Waals surface area contributed by atoms with Gasteiger partial charge >= 0.3 is 0 Å². The predicted molar refractivity (Wildman–Crippen MR) is 55.9 cm³/mol. The smallest absolute Gasteiger partial charge is 0 e. The molecule has 0 atom stereocenters. The summed E-state index contributed by atoms with van der Waals surface area (Å²) in [5.41, 5.74) is 2.44. The molecule has 0 aromatic carbocycles. The van der Waals surface area contributed by atoms with Gasteiger partial charge in [-0.05, 0) is 12.3 Å². The van der Waals surface area contributed by atoms with Crippen LogP contribution >= 0.6 is 0 Å². The molecule has 0 aliphatic carbocycles. The molecule has 0 aliphatic rings. The summed E-state index contributed by atoms with van der Waals surface area (Å²) in [7, 11) is 0. The van der Waals surface area contributed by atoms with E-state index in [1.54, 1.807) is 0 Å². The molecule has 0 saturated carbocycles. The second kappa shape index (κ2) is 7.94. The average Bonchev–Trinajstić information content (AvgIpc) is 1.84. The molecule has 1 heteroatoms. The van der Waals surface area contributed by atoms with E-state index < -0.39 is 0 Å². The molecular weight excluding hydrogens is 233 g/mol. The predicted octanol–water partition coefficient (Wildman–Crippen LogP) is 3.99. The molecule has 0 amide bonds. The molecule has 0 spiro atoms. The maximum absolute atomic E-state index is 3.97. The largest absolute Gasteiger partial charge is 0.249 e. The van der Waals surface area contributed by atoms with Crippen LogP contribution in [-0.4, -0.2) is 0 Å². The summed E-state index contributed by atoms with van der Waals surface area (Å²) in [6.45, 7) is 14.9. The van der Waals surface area contributed by atoms with E-state index in [0.29, 0.717) is 5.92 Å². The van der Waals surface area contributed by atoms with Gasteiger partial charge in [-0.2, -0.15) is 5.57 Å². The van der Waals surface area contributed by atoms with Crippen LogP contribution in [0.2, 0.25) is 0 Å². The Balaban J connectivity index is 0. The standard InChI is InChI=1S/C12H21.Y/c1-9(2)7-11(5)8-12(6)10(3)4;/h9-10H,6-7H2,1-5H3;/q-1;. The molecule has 0 bridgehead atoms. The van der Waals surface area contributed by atoms with Crippen molar-refractivity contribution < 1.29 is 32.7 Å². The van der Waals surface area contributed by atoms with E-state index in [4.69, 9.17) is 0 Å². The van der Waals surface area contributed by atoms with Gasteiger partial charge in [-0.3, -0.25) is 0 Å². The van der Waals surface area contributed by atoms with Gasteiger partial charge in [0.05, 0.1) is 0 Å². The summed E-state index contributed by atoms with van der Waals surface area (Å²) in [5, 5.41) is 0. The second-order valence-corrected chi connectivity index (χ2v) is 4.18. The van der Waals surface area contributed by atoms with Gasteiger partial charge in [-0.15, -0.1) is 0 Å². The Hall–Kier alpha value is 0.584. The summed E-state index contributed by atoms with van der Waals surface area (Å²) in [5.74, 6) is 1.24. The number of hydrogen-bond acceptors (Lipinski definition) is 0.